The van der Waals surface area contributed by atoms with E-state index in [4.69, 9.17) is 27.7 Å². The molecule has 0 amide bonds. The summed E-state index contributed by atoms with van der Waals surface area (Å²) in [4.78, 5) is 4.61. The molecule has 0 spiro atoms. The third kappa shape index (κ3) is 2.43. The van der Waals surface area contributed by atoms with Gasteiger partial charge in [0.1, 0.15) is 11.6 Å². The van der Waals surface area contributed by atoms with Gasteiger partial charge >= 0.3 is 0 Å². The molecule has 1 unspecified atom stereocenters. The van der Waals surface area contributed by atoms with Crippen LogP contribution in [0.15, 0.2) is 22.7 Å². The highest BCUT2D eigenvalue weighted by atomic mass is 35.5. The molecule has 3 rings (SSSR count). The molecule has 0 aliphatic carbocycles. The van der Waals surface area contributed by atoms with Crippen LogP contribution < -0.4 is 0 Å². The molecule has 0 radical (unpaired) electrons. The molecule has 6 heteroatoms. The summed E-state index contributed by atoms with van der Waals surface area (Å²) in [5.41, 5.74) is 3.64. The highest BCUT2D eigenvalue weighted by Gasteiger charge is 2.19. The third-order valence-electron chi connectivity index (χ3n) is 3.60. The minimum absolute atomic E-state index is 0.214. The Kier molecular flexibility index (Phi) is 3.68. The fourth-order valence-electron chi connectivity index (χ4n) is 2.51. The SMILES string of the molecule is Cc1noc(C)c1Cn1c(C(C)Cl)nc2cccc(Cl)c21. The Labute approximate surface area is 132 Å². The Morgan fingerprint density at radius 3 is 2.71 bits per heavy atom. The van der Waals surface area contributed by atoms with Gasteiger partial charge in [-0.3, -0.25) is 0 Å². The summed E-state index contributed by atoms with van der Waals surface area (Å²) < 4.78 is 7.28. The van der Waals surface area contributed by atoms with Crippen LogP contribution in [0.25, 0.3) is 11.0 Å². The van der Waals surface area contributed by atoms with Crippen molar-refractivity contribution < 1.29 is 4.52 Å². The maximum absolute atomic E-state index is 6.36. The second kappa shape index (κ2) is 5.35. The number of hydrogen-bond donors (Lipinski definition) is 0. The zero-order valence-corrected chi connectivity index (χ0v) is 13.5. The minimum Gasteiger partial charge on any atom is -0.361 e. The number of para-hydroxylation sites is 1. The summed E-state index contributed by atoms with van der Waals surface area (Å²) in [5, 5.41) is 4.45. The van der Waals surface area contributed by atoms with Gasteiger partial charge in [0.05, 0.1) is 33.7 Å². The Hall–Kier alpha value is -1.52. The van der Waals surface area contributed by atoms with Crippen LogP contribution in [-0.4, -0.2) is 14.7 Å². The van der Waals surface area contributed by atoms with Crippen molar-refractivity contribution in [1.29, 1.82) is 0 Å². The molecule has 3 aromatic rings. The molecule has 1 atom stereocenters. The first-order valence-electron chi connectivity index (χ1n) is 6.69. The molecular formula is C15H15Cl2N3O. The summed E-state index contributed by atoms with van der Waals surface area (Å²) in [6.07, 6.45) is 0. The highest BCUT2D eigenvalue weighted by molar-refractivity contribution is 6.35. The quantitative estimate of drug-likeness (QED) is 0.659. The van der Waals surface area contributed by atoms with Gasteiger partial charge in [-0.2, -0.15) is 0 Å². The Balaban J connectivity index is 2.22. The predicted octanol–water partition coefficient (Wildman–Crippen LogP) is 4.64. The summed E-state index contributed by atoms with van der Waals surface area (Å²) in [5.74, 6) is 1.59. The molecule has 2 aromatic heterocycles. The average Bonchev–Trinajstić information content (AvgIpc) is 2.95. The van der Waals surface area contributed by atoms with Gasteiger partial charge in [-0.05, 0) is 32.9 Å². The van der Waals surface area contributed by atoms with Crippen LogP contribution in [0.2, 0.25) is 5.02 Å². The molecule has 0 saturated heterocycles. The van der Waals surface area contributed by atoms with Crippen molar-refractivity contribution in [2.75, 3.05) is 0 Å². The van der Waals surface area contributed by atoms with E-state index in [-0.39, 0.29) is 5.38 Å². The number of rotatable bonds is 3. The van der Waals surface area contributed by atoms with Crippen molar-refractivity contribution >= 4 is 34.2 Å². The number of nitrogens with zero attached hydrogens (tertiary/aromatic N) is 3. The van der Waals surface area contributed by atoms with Crippen molar-refractivity contribution in [1.82, 2.24) is 14.7 Å². The number of fused-ring (bicyclic) bond motifs is 1. The van der Waals surface area contributed by atoms with Gasteiger partial charge in [0.2, 0.25) is 0 Å². The van der Waals surface area contributed by atoms with Crippen LogP contribution in [0.3, 0.4) is 0 Å². The van der Waals surface area contributed by atoms with E-state index in [0.717, 1.165) is 33.9 Å². The number of aryl methyl sites for hydroxylation is 2. The summed E-state index contributed by atoms with van der Waals surface area (Å²) in [6.45, 7) is 6.32. The molecule has 0 bridgehead atoms. The normalized spacial score (nSPS) is 13.0. The summed E-state index contributed by atoms with van der Waals surface area (Å²) in [7, 11) is 0. The van der Waals surface area contributed by atoms with Gasteiger partial charge in [-0.1, -0.05) is 22.8 Å². The highest BCUT2D eigenvalue weighted by Crippen LogP contribution is 2.30. The topological polar surface area (TPSA) is 43.9 Å². The lowest BCUT2D eigenvalue weighted by atomic mass is 10.2. The van der Waals surface area contributed by atoms with Crippen LogP contribution in [0.5, 0.6) is 0 Å². The van der Waals surface area contributed by atoms with E-state index in [0.29, 0.717) is 11.6 Å². The van der Waals surface area contributed by atoms with Gasteiger partial charge in [-0.25, -0.2) is 4.98 Å². The average molecular weight is 324 g/mol. The number of halogens is 2. The van der Waals surface area contributed by atoms with E-state index in [1.165, 1.54) is 0 Å². The second-order valence-electron chi connectivity index (χ2n) is 5.08. The Morgan fingerprint density at radius 2 is 2.10 bits per heavy atom. The van der Waals surface area contributed by atoms with Gasteiger partial charge in [-0.15, -0.1) is 11.6 Å². The molecule has 0 aliphatic rings. The summed E-state index contributed by atoms with van der Waals surface area (Å²) in [6, 6.07) is 5.69. The first-order valence-corrected chi connectivity index (χ1v) is 7.51. The van der Waals surface area contributed by atoms with Gasteiger partial charge in [0.25, 0.3) is 0 Å². The molecule has 4 nitrogen and oxygen atoms in total. The molecule has 0 fully saturated rings. The number of aromatic nitrogens is 3. The molecule has 2 heterocycles. The van der Waals surface area contributed by atoms with Crippen LogP contribution in [0.1, 0.15) is 35.1 Å². The van der Waals surface area contributed by atoms with Gasteiger partial charge < -0.3 is 9.09 Å². The number of benzene rings is 1. The lowest BCUT2D eigenvalue weighted by Gasteiger charge is -2.11. The molecule has 110 valence electrons. The maximum Gasteiger partial charge on any atom is 0.138 e. The molecule has 0 N–H and O–H groups in total. The predicted molar refractivity (Wildman–Crippen MR) is 84.1 cm³/mol. The second-order valence-corrected chi connectivity index (χ2v) is 6.14. The smallest absolute Gasteiger partial charge is 0.138 e. The number of alkyl halides is 1. The van der Waals surface area contributed by atoms with Crippen molar-refractivity contribution in [3.8, 4) is 0 Å². The van der Waals surface area contributed by atoms with Gasteiger partial charge in [0, 0.05) is 5.56 Å². The zero-order valence-electron chi connectivity index (χ0n) is 12.0. The monoisotopic (exact) mass is 323 g/mol. The number of imidazole rings is 1. The first kappa shape index (κ1) is 14.4. The summed E-state index contributed by atoms with van der Waals surface area (Å²) >= 11 is 12.6. The first-order chi connectivity index (χ1) is 9.99. The fraction of sp³-hybridized carbons (Fsp3) is 0.333. The maximum atomic E-state index is 6.36. The lowest BCUT2D eigenvalue weighted by molar-refractivity contribution is 0.392. The van der Waals surface area contributed by atoms with Crippen LogP contribution in [-0.2, 0) is 6.54 Å². The Bertz CT molecular complexity index is 785. The zero-order chi connectivity index (χ0) is 15.1. The van der Waals surface area contributed by atoms with Crippen molar-refractivity contribution in [3.05, 3.63) is 46.1 Å². The minimum atomic E-state index is -0.214. The van der Waals surface area contributed by atoms with Crippen molar-refractivity contribution in [3.63, 3.8) is 0 Å². The van der Waals surface area contributed by atoms with E-state index in [2.05, 4.69) is 10.1 Å². The van der Waals surface area contributed by atoms with Crippen LogP contribution >= 0.6 is 23.2 Å². The van der Waals surface area contributed by atoms with Crippen LogP contribution in [0.4, 0.5) is 0 Å². The number of hydrogen-bond acceptors (Lipinski definition) is 3. The van der Waals surface area contributed by atoms with E-state index in [1.807, 2.05) is 43.5 Å². The molecule has 0 aliphatic heterocycles. The van der Waals surface area contributed by atoms with Crippen molar-refractivity contribution in [2.24, 2.45) is 0 Å². The van der Waals surface area contributed by atoms with Crippen molar-refractivity contribution in [2.45, 2.75) is 32.7 Å². The lowest BCUT2D eigenvalue weighted by Crippen LogP contribution is -2.07. The Morgan fingerprint density at radius 1 is 1.33 bits per heavy atom. The van der Waals surface area contributed by atoms with Crippen LogP contribution in [0, 0.1) is 13.8 Å². The van der Waals surface area contributed by atoms with E-state index in [1.54, 1.807) is 0 Å². The molecular weight excluding hydrogens is 309 g/mol. The fourth-order valence-corrected chi connectivity index (χ4v) is 2.95. The van der Waals surface area contributed by atoms with Gasteiger partial charge in [0.15, 0.2) is 0 Å². The molecule has 0 saturated carbocycles. The van der Waals surface area contributed by atoms with E-state index < -0.39 is 0 Å². The third-order valence-corrected chi connectivity index (χ3v) is 4.10. The standard InChI is InChI=1S/C15H15Cl2N3O/c1-8(16)15-18-13-6-4-5-12(17)14(13)20(15)7-11-9(2)19-21-10(11)3/h4-6,8H,7H2,1-3H3. The van der Waals surface area contributed by atoms with E-state index in [9.17, 15) is 0 Å². The largest absolute Gasteiger partial charge is 0.361 e. The van der Waals surface area contributed by atoms with E-state index >= 15 is 0 Å². The molecule has 1 aromatic carbocycles. The molecule has 21 heavy (non-hydrogen) atoms.